The van der Waals surface area contributed by atoms with Gasteiger partial charge in [-0.15, -0.1) is 0 Å². The highest BCUT2D eigenvalue weighted by molar-refractivity contribution is 6.22. The lowest BCUT2D eigenvalue weighted by Gasteiger charge is -2.14. The van der Waals surface area contributed by atoms with Gasteiger partial charge in [0.05, 0.1) is 17.0 Å². The largest absolute Gasteiger partial charge is 0.494 e. The van der Waals surface area contributed by atoms with Gasteiger partial charge in [-0.2, -0.15) is 0 Å². The molecule has 6 nitrogen and oxygen atoms in total. The zero-order valence-electron chi connectivity index (χ0n) is 18.2. The Bertz CT molecular complexity index is 1290. The first kappa shape index (κ1) is 21.3. The Morgan fingerprint density at radius 1 is 1.03 bits per heavy atom. The van der Waals surface area contributed by atoms with E-state index in [2.05, 4.69) is 36.0 Å². The third-order valence-corrected chi connectivity index (χ3v) is 5.49. The molecule has 4 rings (SSSR count). The minimum absolute atomic E-state index is 0.00825. The number of rotatable bonds is 7. The fraction of sp³-hybridized carbons (Fsp3) is 0.154. The number of nitrogens with zero attached hydrogens (tertiary/aromatic N) is 2. The summed E-state index contributed by atoms with van der Waals surface area (Å²) in [6.07, 6.45) is 0. The molecule has 1 heterocycles. The number of nitrogens with one attached hydrogen (secondary N) is 1. The van der Waals surface area contributed by atoms with E-state index in [4.69, 9.17) is 10.7 Å². The molecule has 0 bridgehead atoms. The summed E-state index contributed by atoms with van der Waals surface area (Å²) in [5.41, 5.74) is 10.5. The Kier molecular flexibility index (Phi) is 6.05. The zero-order chi connectivity index (χ0) is 22.7. The van der Waals surface area contributed by atoms with Crippen LogP contribution in [0.2, 0.25) is 0 Å². The van der Waals surface area contributed by atoms with E-state index in [0.717, 1.165) is 35.3 Å². The highest BCUT2D eigenvalue weighted by atomic mass is 16.3. The molecule has 0 saturated heterocycles. The van der Waals surface area contributed by atoms with Crippen molar-refractivity contribution < 1.29 is 9.90 Å². The molecule has 0 radical (unpaired) electrons. The van der Waals surface area contributed by atoms with Crippen LogP contribution in [0.1, 0.15) is 34.0 Å². The van der Waals surface area contributed by atoms with Gasteiger partial charge in [-0.25, -0.2) is 4.99 Å². The number of carbonyl (C=O) groups excluding carboxylic acids is 1. The first-order valence-electron chi connectivity index (χ1n) is 10.5. The van der Waals surface area contributed by atoms with E-state index < -0.39 is 5.91 Å². The molecule has 1 amide bonds. The summed E-state index contributed by atoms with van der Waals surface area (Å²) in [5.74, 6) is -0.528. The van der Waals surface area contributed by atoms with E-state index in [1.807, 2.05) is 42.5 Å². The molecule has 0 spiro atoms. The van der Waals surface area contributed by atoms with Gasteiger partial charge < -0.3 is 20.7 Å². The van der Waals surface area contributed by atoms with E-state index in [0.29, 0.717) is 22.4 Å². The number of hydrogen-bond donors (Lipinski definition) is 3. The van der Waals surface area contributed by atoms with E-state index >= 15 is 0 Å². The molecule has 4 aromatic rings. The van der Waals surface area contributed by atoms with Gasteiger partial charge in [0.2, 0.25) is 5.91 Å². The molecule has 162 valence electrons. The van der Waals surface area contributed by atoms with E-state index in [-0.39, 0.29) is 5.88 Å². The zero-order valence-corrected chi connectivity index (χ0v) is 18.2. The average molecular weight is 427 g/mol. The second-order valence-corrected chi connectivity index (χ2v) is 7.80. The predicted octanol–water partition coefficient (Wildman–Crippen LogP) is 4.59. The minimum atomic E-state index is -0.520. The lowest BCUT2D eigenvalue weighted by atomic mass is 10.00. The van der Waals surface area contributed by atoms with Gasteiger partial charge in [0.1, 0.15) is 0 Å². The van der Waals surface area contributed by atoms with Gasteiger partial charge in [-0.1, -0.05) is 55.5 Å². The van der Waals surface area contributed by atoms with Crippen LogP contribution in [0.15, 0.2) is 77.8 Å². The van der Waals surface area contributed by atoms with Gasteiger partial charge in [0.15, 0.2) is 5.88 Å². The number of primary amides is 1. The maximum Gasteiger partial charge on any atom is 0.248 e. The maximum absolute atomic E-state index is 11.6. The van der Waals surface area contributed by atoms with Crippen molar-refractivity contribution in [2.45, 2.75) is 13.5 Å². The Morgan fingerprint density at radius 3 is 2.53 bits per heavy atom. The molecule has 6 heteroatoms. The number of nitrogens with two attached hydrogens (primary N) is 1. The summed E-state index contributed by atoms with van der Waals surface area (Å²) in [6.45, 7) is 3.91. The monoisotopic (exact) mass is 426 g/mol. The van der Waals surface area contributed by atoms with Crippen molar-refractivity contribution in [3.8, 4) is 5.88 Å². The van der Waals surface area contributed by atoms with Crippen molar-refractivity contribution in [2.75, 3.05) is 13.6 Å². The van der Waals surface area contributed by atoms with Crippen LogP contribution in [-0.2, 0) is 6.54 Å². The van der Waals surface area contributed by atoms with E-state index in [1.165, 1.54) is 0 Å². The number of H-pyrrole nitrogens is 1. The third-order valence-electron chi connectivity index (χ3n) is 5.49. The molecule has 0 aliphatic heterocycles. The topological polar surface area (TPSA) is 94.7 Å². The number of aromatic hydroxyl groups is 1. The summed E-state index contributed by atoms with van der Waals surface area (Å²) < 4.78 is 0. The number of aromatic amines is 1. The lowest BCUT2D eigenvalue weighted by Crippen LogP contribution is -2.16. The summed E-state index contributed by atoms with van der Waals surface area (Å²) >= 11 is 0. The Hall–Kier alpha value is -3.90. The van der Waals surface area contributed by atoms with Gasteiger partial charge in [0, 0.05) is 28.6 Å². The number of aromatic nitrogens is 1. The van der Waals surface area contributed by atoms with E-state index in [9.17, 15) is 9.90 Å². The first-order chi connectivity index (χ1) is 15.5. The van der Waals surface area contributed by atoms with Crippen LogP contribution in [0.5, 0.6) is 5.88 Å². The smallest absolute Gasteiger partial charge is 0.248 e. The number of fused-ring (bicyclic) bond motifs is 1. The quantitative estimate of drug-likeness (QED) is 0.377. The summed E-state index contributed by atoms with van der Waals surface area (Å²) in [7, 11) is 2.08. The number of hydrogen-bond acceptors (Lipinski definition) is 4. The third kappa shape index (κ3) is 4.40. The van der Waals surface area contributed by atoms with Gasteiger partial charge in [-0.3, -0.25) is 4.79 Å². The van der Waals surface area contributed by atoms with E-state index in [1.54, 1.807) is 18.2 Å². The summed E-state index contributed by atoms with van der Waals surface area (Å²) in [6, 6.07) is 22.9. The predicted molar refractivity (Wildman–Crippen MR) is 129 cm³/mol. The fourth-order valence-corrected chi connectivity index (χ4v) is 3.71. The van der Waals surface area contributed by atoms with Crippen LogP contribution in [0.25, 0.3) is 10.9 Å². The second kappa shape index (κ2) is 9.08. The van der Waals surface area contributed by atoms with Crippen LogP contribution in [0.3, 0.4) is 0 Å². The van der Waals surface area contributed by atoms with Gasteiger partial charge in [0.25, 0.3) is 0 Å². The van der Waals surface area contributed by atoms with Gasteiger partial charge in [-0.05, 0) is 43.4 Å². The highest BCUT2D eigenvalue weighted by Gasteiger charge is 2.19. The Balaban J connectivity index is 1.88. The standard InChI is InChI=1S/C26H26N4O2/c1-3-30(2)16-17-8-7-11-20(14-17)28-24(18-9-5-4-6-10-18)23-21-13-12-19(25(27)31)15-22(21)29-26(23)32/h4-15,29,32H,3,16H2,1-2H3,(H2,27,31). The van der Waals surface area contributed by atoms with Crippen molar-refractivity contribution in [3.05, 3.63) is 95.1 Å². The minimum Gasteiger partial charge on any atom is -0.494 e. The fourth-order valence-electron chi connectivity index (χ4n) is 3.71. The Morgan fingerprint density at radius 2 is 1.81 bits per heavy atom. The molecule has 0 aliphatic carbocycles. The average Bonchev–Trinajstić information content (AvgIpc) is 3.13. The highest BCUT2D eigenvalue weighted by Crippen LogP contribution is 2.32. The number of benzene rings is 3. The first-order valence-corrected chi connectivity index (χ1v) is 10.5. The van der Waals surface area contributed by atoms with Crippen LogP contribution in [0.4, 0.5) is 5.69 Å². The molecule has 0 saturated carbocycles. The number of amides is 1. The van der Waals surface area contributed by atoms with Crippen LogP contribution in [0, 0.1) is 0 Å². The normalized spacial score (nSPS) is 11.9. The Labute approximate surface area is 187 Å². The summed E-state index contributed by atoms with van der Waals surface area (Å²) in [4.78, 5) is 21.7. The van der Waals surface area contributed by atoms with Crippen molar-refractivity contribution in [1.29, 1.82) is 0 Å². The van der Waals surface area contributed by atoms with Crippen molar-refractivity contribution >= 4 is 28.2 Å². The molecule has 4 N–H and O–H groups in total. The number of carbonyl (C=O) groups is 1. The molecular weight excluding hydrogens is 400 g/mol. The lowest BCUT2D eigenvalue weighted by molar-refractivity contribution is 0.100. The molecule has 0 aliphatic rings. The molecule has 0 atom stereocenters. The van der Waals surface area contributed by atoms with Crippen LogP contribution in [-0.4, -0.2) is 40.2 Å². The molecular formula is C26H26N4O2. The molecule has 32 heavy (non-hydrogen) atoms. The molecule has 0 unspecified atom stereocenters. The summed E-state index contributed by atoms with van der Waals surface area (Å²) in [5, 5.41) is 11.6. The van der Waals surface area contributed by atoms with Crippen molar-refractivity contribution in [2.24, 2.45) is 10.7 Å². The van der Waals surface area contributed by atoms with Crippen molar-refractivity contribution in [3.63, 3.8) is 0 Å². The van der Waals surface area contributed by atoms with Gasteiger partial charge >= 0.3 is 0 Å². The SMILES string of the molecule is CCN(C)Cc1cccc(N=C(c2ccccc2)c2c(O)[nH]c3cc(C(N)=O)ccc23)c1. The van der Waals surface area contributed by atoms with Crippen LogP contribution >= 0.6 is 0 Å². The van der Waals surface area contributed by atoms with Crippen molar-refractivity contribution in [1.82, 2.24) is 9.88 Å². The maximum atomic E-state index is 11.6. The number of aliphatic imine (C=N–C) groups is 1. The second-order valence-electron chi connectivity index (χ2n) is 7.80. The molecule has 1 aromatic heterocycles. The molecule has 0 fully saturated rings. The van der Waals surface area contributed by atoms with Crippen LogP contribution < -0.4 is 5.73 Å². The molecule has 3 aromatic carbocycles.